The number of hydrogen-bond acceptors (Lipinski definition) is 4. The Bertz CT molecular complexity index is 983. The van der Waals surface area contributed by atoms with E-state index in [0.717, 1.165) is 19.4 Å². The molecule has 0 radical (unpaired) electrons. The molecule has 1 aliphatic carbocycles. The van der Waals surface area contributed by atoms with Gasteiger partial charge >= 0.3 is 5.97 Å². The van der Waals surface area contributed by atoms with Gasteiger partial charge in [-0.1, -0.05) is 0 Å². The van der Waals surface area contributed by atoms with E-state index in [9.17, 15) is 14.7 Å². The zero-order chi connectivity index (χ0) is 19.5. The van der Waals surface area contributed by atoms with Crippen molar-refractivity contribution in [3.63, 3.8) is 0 Å². The minimum absolute atomic E-state index is 0.137. The Hall–Kier alpha value is -2.41. The van der Waals surface area contributed by atoms with E-state index in [-0.39, 0.29) is 29.1 Å². The minimum atomic E-state index is -1.28. The number of benzene rings is 1. The van der Waals surface area contributed by atoms with Gasteiger partial charge in [0, 0.05) is 42.8 Å². The van der Waals surface area contributed by atoms with Gasteiger partial charge in [0.15, 0.2) is 0 Å². The maximum Gasteiger partial charge on any atom is 0.341 e. The molecule has 144 valence electrons. The minimum Gasteiger partial charge on any atom is -0.477 e. The van der Waals surface area contributed by atoms with Gasteiger partial charge in [-0.2, -0.15) is 0 Å². The van der Waals surface area contributed by atoms with Crippen LogP contribution in [0.25, 0.3) is 10.9 Å². The molecular formula is C20H24FN3O3. The molecule has 7 heteroatoms. The number of pyridine rings is 1. The van der Waals surface area contributed by atoms with Crippen LogP contribution < -0.4 is 10.3 Å². The van der Waals surface area contributed by atoms with Crippen molar-refractivity contribution in [1.29, 1.82) is 0 Å². The fourth-order valence-corrected chi connectivity index (χ4v) is 4.02. The Morgan fingerprint density at radius 3 is 2.52 bits per heavy atom. The summed E-state index contributed by atoms with van der Waals surface area (Å²) in [6.07, 6.45) is 3.29. The highest BCUT2D eigenvalue weighted by molar-refractivity contribution is 5.93. The second kappa shape index (κ2) is 6.34. The summed E-state index contributed by atoms with van der Waals surface area (Å²) in [6, 6.07) is 3.54. The number of fused-ring (bicyclic) bond motifs is 1. The van der Waals surface area contributed by atoms with E-state index in [1.165, 1.54) is 12.3 Å². The molecule has 6 nitrogen and oxygen atoms in total. The third-order valence-corrected chi connectivity index (χ3v) is 5.88. The van der Waals surface area contributed by atoms with Gasteiger partial charge in [-0.3, -0.25) is 9.69 Å². The summed E-state index contributed by atoms with van der Waals surface area (Å²) in [5, 5.41) is 9.49. The average molecular weight is 373 g/mol. The molecule has 4 rings (SSSR count). The predicted octanol–water partition coefficient (Wildman–Crippen LogP) is 2.70. The maximum absolute atomic E-state index is 15.0. The van der Waals surface area contributed by atoms with Crippen molar-refractivity contribution in [2.45, 2.75) is 44.8 Å². The number of hydrogen-bond donors (Lipinski definition) is 1. The summed E-state index contributed by atoms with van der Waals surface area (Å²) in [4.78, 5) is 28.3. The van der Waals surface area contributed by atoms with E-state index in [4.69, 9.17) is 0 Å². The molecule has 1 saturated carbocycles. The summed E-state index contributed by atoms with van der Waals surface area (Å²) in [5.41, 5.74) is 0.164. The van der Waals surface area contributed by atoms with Crippen LogP contribution in [0.1, 0.15) is 43.1 Å². The Morgan fingerprint density at radius 2 is 1.89 bits per heavy atom. The lowest BCUT2D eigenvalue weighted by Crippen LogP contribution is -2.55. The molecular weight excluding hydrogens is 349 g/mol. The summed E-state index contributed by atoms with van der Waals surface area (Å²) >= 11 is 0. The molecule has 1 N–H and O–H groups in total. The van der Waals surface area contributed by atoms with Crippen LogP contribution in [-0.4, -0.2) is 52.8 Å². The standard InChI is InChI=1S/C20H24FN3O3/c1-11-9-23(12(2)8-22(11)3)18-7-17-14(6-16(18)21)19(25)15(20(26)27)10-24(17)13-4-5-13/h6-7,10-13H,4-5,8-9H2,1-3H3,(H,26,27). The fourth-order valence-electron chi connectivity index (χ4n) is 4.02. The molecule has 0 spiro atoms. The largest absolute Gasteiger partial charge is 0.477 e. The summed E-state index contributed by atoms with van der Waals surface area (Å²) < 4.78 is 16.9. The van der Waals surface area contributed by atoms with Gasteiger partial charge in [0.05, 0.1) is 11.2 Å². The molecule has 1 aromatic carbocycles. The van der Waals surface area contributed by atoms with Crippen LogP contribution in [0.5, 0.6) is 0 Å². The van der Waals surface area contributed by atoms with E-state index in [0.29, 0.717) is 17.7 Å². The molecule has 2 unspecified atom stereocenters. The number of anilines is 1. The van der Waals surface area contributed by atoms with Crippen molar-refractivity contribution in [2.24, 2.45) is 0 Å². The number of carboxylic acids is 1. The molecule has 0 amide bonds. The van der Waals surface area contributed by atoms with Crippen molar-refractivity contribution < 1.29 is 14.3 Å². The van der Waals surface area contributed by atoms with Crippen LogP contribution in [0.15, 0.2) is 23.1 Å². The first-order valence-corrected chi connectivity index (χ1v) is 9.36. The highest BCUT2D eigenvalue weighted by Gasteiger charge is 2.31. The van der Waals surface area contributed by atoms with E-state index in [1.807, 2.05) is 9.47 Å². The molecule has 27 heavy (non-hydrogen) atoms. The SMILES string of the molecule is CC1CN(c2cc3c(cc2F)c(=O)c(C(=O)O)cn3C2CC2)C(C)CN1C. The van der Waals surface area contributed by atoms with Gasteiger partial charge in [0.25, 0.3) is 0 Å². The molecule has 2 aliphatic rings. The van der Waals surface area contributed by atoms with Gasteiger partial charge < -0.3 is 14.6 Å². The Kier molecular flexibility index (Phi) is 4.22. The molecule has 1 saturated heterocycles. The second-order valence-electron chi connectivity index (χ2n) is 7.93. The van der Waals surface area contributed by atoms with E-state index < -0.39 is 17.2 Å². The van der Waals surface area contributed by atoms with Crippen LogP contribution >= 0.6 is 0 Å². The normalized spacial score (nSPS) is 23.8. The molecule has 1 aromatic heterocycles. The van der Waals surface area contributed by atoms with Crippen LogP contribution in [0.2, 0.25) is 0 Å². The first-order chi connectivity index (χ1) is 12.8. The Labute approximate surface area is 156 Å². The van der Waals surface area contributed by atoms with Crippen LogP contribution in [0, 0.1) is 5.82 Å². The van der Waals surface area contributed by atoms with Gasteiger partial charge in [0.1, 0.15) is 11.4 Å². The first kappa shape index (κ1) is 18.0. The van der Waals surface area contributed by atoms with Crippen molar-refractivity contribution in [3.05, 3.63) is 39.9 Å². The number of nitrogens with zero attached hydrogens (tertiary/aromatic N) is 3. The van der Waals surface area contributed by atoms with Crippen LogP contribution in [-0.2, 0) is 0 Å². The third-order valence-electron chi connectivity index (χ3n) is 5.88. The zero-order valence-corrected chi connectivity index (χ0v) is 15.8. The fraction of sp³-hybridized carbons (Fsp3) is 0.500. The molecule has 0 bridgehead atoms. The number of aromatic carboxylic acids is 1. The molecule has 2 heterocycles. The third kappa shape index (κ3) is 3.00. The lowest BCUT2D eigenvalue weighted by atomic mass is 10.1. The quantitative estimate of drug-likeness (QED) is 0.896. The number of piperazine rings is 1. The van der Waals surface area contributed by atoms with Gasteiger partial charge in [-0.25, -0.2) is 9.18 Å². The highest BCUT2D eigenvalue weighted by atomic mass is 19.1. The molecule has 2 fully saturated rings. The molecule has 2 aromatic rings. The summed E-state index contributed by atoms with van der Waals surface area (Å²) in [6.45, 7) is 5.69. The number of rotatable bonds is 3. The van der Waals surface area contributed by atoms with Crippen molar-refractivity contribution >= 4 is 22.6 Å². The number of carboxylic acid groups (broad SMARTS) is 1. The lowest BCUT2D eigenvalue weighted by Gasteiger charge is -2.44. The summed E-state index contributed by atoms with van der Waals surface area (Å²) in [5.74, 6) is -1.75. The van der Waals surface area contributed by atoms with Crippen molar-refractivity contribution in [3.8, 4) is 0 Å². The van der Waals surface area contributed by atoms with Gasteiger partial charge in [-0.15, -0.1) is 0 Å². The zero-order valence-electron chi connectivity index (χ0n) is 15.8. The predicted molar refractivity (Wildman–Crippen MR) is 102 cm³/mol. The van der Waals surface area contributed by atoms with E-state index in [1.54, 1.807) is 6.07 Å². The highest BCUT2D eigenvalue weighted by Crippen LogP contribution is 2.38. The second-order valence-corrected chi connectivity index (χ2v) is 7.93. The smallest absolute Gasteiger partial charge is 0.341 e. The molecule has 1 aliphatic heterocycles. The number of carbonyl (C=O) groups is 1. The first-order valence-electron chi connectivity index (χ1n) is 9.36. The van der Waals surface area contributed by atoms with E-state index >= 15 is 4.39 Å². The number of aromatic nitrogens is 1. The van der Waals surface area contributed by atoms with E-state index in [2.05, 4.69) is 25.8 Å². The summed E-state index contributed by atoms with van der Waals surface area (Å²) in [7, 11) is 2.06. The van der Waals surface area contributed by atoms with Crippen LogP contribution in [0.4, 0.5) is 10.1 Å². The van der Waals surface area contributed by atoms with Gasteiger partial charge in [-0.05, 0) is 45.9 Å². The number of halogens is 1. The van der Waals surface area contributed by atoms with Gasteiger partial charge in [0.2, 0.25) is 5.43 Å². The average Bonchev–Trinajstić information content (AvgIpc) is 3.43. The Balaban J connectivity index is 1.91. The van der Waals surface area contributed by atoms with Crippen molar-refractivity contribution in [2.75, 3.05) is 25.0 Å². The molecule has 2 atom stereocenters. The lowest BCUT2D eigenvalue weighted by molar-refractivity contribution is 0.0695. The van der Waals surface area contributed by atoms with Crippen molar-refractivity contribution in [1.82, 2.24) is 9.47 Å². The van der Waals surface area contributed by atoms with Crippen LogP contribution in [0.3, 0.4) is 0 Å². The number of likely N-dealkylation sites (N-methyl/N-ethyl adjacent to an activating group) is 1. The maximum atomic E-state index is 15.0. The Morgan fingerprint density at radius 1 is 1.19 bits per heavy atom. The topological polar surface area (TPSA) is 65.8 Å². The monoisotopic (exact) mass is 373 g/mol.